The number of halogens is 7. The zero-order valence-corrected chi connectivity index (χ0v) is 24.1. The lowest BCUT2D eigenvalue weighted by Gasteiger charge is -2.45. The number of carbonyl (C=O) groups is 3. The predicted octanol–water partition coefficient (Wildman–Crippen LogP) is 4.71. The van der Waals surface area contributed by atoms with Crippen molar-refractivity contribution in [2.45, 2.75) is 57.0 Å². The number of likely N-dealkylation sites (tertiary alicyclic amines) is 2. The lowest BCUT2D eigenvalue weighted by Crippen LogP contribution is -2.53. The van der Waals surface area contributed by atoms with E-state index in [1.165, 1.54) is 24.1 Å². The second-order valence-electron chi connectivity index (χ2n) is 11.5. The Balaban J connectivity index is 1.56. The number of nitrogens with two attached hydrogens (primary N) is 1. The fourth-order valence-corrected chi connectivity index (χ4v) is 6.31. The highest BCUT2D eigenvalue weighted by molar-refractivity contribution is 6.34. The largest absolute Gasteiger partial charge is 0.416 e. The fourth-order valence-electron chi connectivity index (χ4n) is 6.31. The van der Waals surface area contributed by atoms with Gasteiger partial charge in [-0.25, -0.2) is 4.39 Å². The topological polar surface area (TPSA) is 87.0 Å². The molecule has 7 nitrogen and oxygen atoms in total. The number of alkyl halides is 6. The van der Waals surface area contributed by atoms with Gasteiger partial charge in [0.05, 0.1) is 11.1 Å². The van der Waals surface area contributed by atoms with Crippen LogP contribution in [0.4, 0.5) is 30.7 Å². The van der Waals surface area contributed by atoms with E-state index >= 15 is 0 Å². The van der Waals surface area contributed by atoms with E-state index in [1.807, 2.05) is 0 Å². The number of benzene rings is 2. The summed E-state index contributed by atoms with van der Waals surface area (Å²) in [6.45, 7) is 2.73. The molecule has 2 aliphatic heterocycles. The molecular weight excluding hydrogens is 597 g/mol. The van der Waals surface area contributed by atoms with Crippen molar-refractivity contribution < 1.29 is 45.1 Å². The van der Waals surface area contributed by atoms with Crippen molar-refractivity contribution in [1.82, 2.24) is 14.7 Å². The first kappa shape index (κ1) is 33.2. The van der Waals surface area contributed by atoms with Crippen molar-refractivity contribution in [3.63, 3.8) is 0 Å². The third-order valence-corrected chi connectivity index (χ3v) is 8.52. The van der Waals surface area contributed by atoms with Crippen LogP contribution in [0.25, 0.3) is 0 Å². The molecule has 2 aromatic carbocycles. The van der Waals surface area contributed by atoms with Crippen LogP contribution in [0.5, 0.6) is 0 Å². The molecule has 0 spiro atoms. The van der Waals surface area contributed by atoms with Gasteiger partial charge in [0.2, 0.25) is 5.91 Å². The highest BCUT2D eigenvalue weighted by Crippen LogP contribution is 2.39. The fraction of sp³-hybridized carbons (Fsp3) is 0.500. The van der Waals surface area contributed by atoms with Crippen molar-refractivity contribution in [2.75, 3.05) is 33.2 Å². The Kier molecular flexibility index (Phi) is 9.62. The molecule has 0 unspecified atom stereocenters. The minimum Gasteiger partial charge on any atom is -0.361 e. The molecule has 0 bridgehead atoms. The summed E-state index contributed by atoms with van der Waals surface area (Å²) in [4.78, 5) is 41.8. The molecule has 2 aromatic rings. The maximum Gasteiger partial charge on any atom is 0.416 e. The molecule has 0 saturated carbocycles. The summed E-state index contributed by atoms with van der Waals surface area (Å²) in [5.74, 6) is -3.82. The molecule has 4 rings (SSSR count). The van der Waals surface area contributed by atoms with Crippen molar-refractivity contribution in [1.29, 1.82) is 0 Å². The van der Waals surface area contributed by atoms with E-state index in [-0.39, 0.29) is 17.7 Å². The van der Waals surface area contributed by atoms with Gasteiger partial charge in [-0.2, -0.15) is 26.3 Å². The quantitative estimate of drug-likeness (QED) is 0.383. The summed E-state index contributed by atoms with van der Waals surface area (Å²) in [5.41, 5.74) is 3.20. The summed E-state index contributed by atoms with van der Waals surface area (Å²) >= 11 is 0. The van der Waals surface area contributed by atoms with Gasteiger partial charge in [-0.05, 0) is 79.8 Å². The van der Waals surface area contributed by atoms with Crippen LogP contribution >= 0.6 is 0 Å². The molecule has 2 fully saturated rings. The Bertz CT molecular complexity index is 1370. The van der Waals surface area contributed by atoms with Crippen molar-refractivity contribution in [2.24, 2.45) is 11.7 Å². The molecule has 2 atom stereocenters. The lowest BCUT2D eigenvalue weighted by molar-refractivity contribution is -0.145. The lowest BCUT2D eigenvalue weighted by atomic mass is 9.77. The number of rotatable bonds is 5. The van der Waals surface area contributed by atoms with Gasteiger partial charge in [-0.15, -0.1) is 0 Å². The Morgan fingerprint density at radius 2 is 1.50 bits per heavy atom. The molecule has 0 aliphatic carbocycles. The minimum absolute atomic E-state index is 0.0230. The first-order valence-electron chi connectivity index (χ1n) is 14.1. The van der Waals surface area contributed by atoms with Crippen LogP contribution in [0.15, 0.2) is 36.4 Å². The van der Waals surface area contributed by atoms with Crippen molar-refractivity contribution in [3.8, 4) is 0 Å². The number of carbonyl (C=O) groups excluding carboxylic acids is 3. The number of nitrogens with zero attached hydrogens (tertiary/aromatic N) is 3. The van der Waals surface area contributed by atoms with Gasteiger partial charge in [0.25, 0.3) is 0 Å². The minimum atomic E-state index is -5.01. The van der Waals surface area contributed by atoms with Crippen molar-refractivity contribution >= 4 is 17.7 Å². The first-order valence-corrected chi connectivity index (χ1v) is 14.1. The van der Waals surface area contributed by atoms with Crippen LogP contribution in [-0.4, -0.2) is 71.7 Å². The van der Waals surface area contributed by atoms with Crippen LogP contribution in [-0.2, 0) is 33.3 Å². The monoisotopic (exact) mass is 630 g/mol. The highest BCUT2D eigenvalue weighted by Gasteiger charge is 2.41. The van der Waals surface area contributed by atoms with Gasteiger partial charge in [0, 0.05) is 51.1 Å². The Labute approximate surface area is 249 Å². The average molecular weight is 631 g/mol. The van der Waals surface area contributed by atoms with Crippen LogP contribution in [0.3, 0.4) is 0 Å². The molecule has 2 saturated heterocycles. The van der Waals surface area contributed by atoms with Gasteiger partial charge < -0.3 is 15.5 Å². The molecular formula is C30H33F7N4O3. The van der Waals surface area contributed by atoms with E-state index in [2.05, 4.69) is 4.90 Å². The van der Waals surface area contributed by atoms with E-state index in [9.17, 15) is 45.1 Å². The zero-order valence-electron chi connectivity index (χ0n) is 24.1. The Morgan fingerprint density at radius 3 is 2.02 bits per heavy atom. The van der Waals surface area contributed by atoms with Crippen LogP contribution in [0, 0.1) is 18.7 Å². The van der Waals surface area contributed by atoms with E-state index in [0.29, 0.717) is 68.7 Å². The number of aryl methyl sites for hydroxylation is 1. The summed E-state index contributed by atoms with van der Waals surface area (Å²) in [6.07, 6.45) is -8.57. The van der Waals surface area contributed by atoms with Crippen LogP contribution in [0.2, 0.25) is 0 Å². The molecule has 0 radical (unpaired) electrons. The maximum atomic E-state index is 14.0. The summed E-state index contributed by atoms with van der Waals surface area (Å²) in [6, 6.07) is 5.50. The van der Waals surface area contributed by atoms with Gasteiger partial charge in [-0.3, -0.25) is 19.3 Å². The number of hydrogen-bond donors (Lipinski definition) is 1. The van der Waals surface area contributed by atoms with E-state index in [0.717, 1.165) is 4.90 Å². The zero-order chi connectivity index (χ0) is 32.6. The van der Waals surface area contributed by atoms with Gasteiger partial charge >= 0.3 is 24.2 Å². The normalized spacial score (nSPS) is 20.4. The molecule has 3 amide bonds. The van der Waals surface area contributed by atoms with Gasteiger partial charge in [0.15, 0.2) is 0 Å². The average Bonchev–Trinajstić information content (AvgIpc) is 2.95. The number of piperidine rings is 2. The third-order valence-electron chi connectivity index (χ3n) is 8.52. The first-order chi connectivity index (χ1) is 20.5. The number of amides is 3. The smallest absolute Gasteiger partial charge is 0.361 e. The maximum absolute atomic E-state index is 14.0. The number of primary amides is 1. The van der Waals surface area contributed by atoms with Crippen LogP contribution in [0.1, 0.15) is 53.0 Å². The van der Waals surface area contributed by atoms with E-state index in [4.69, 9.17) is 5.73 Å². The van der Waals surface area contributed by atoms with Crippen LogP contribution < -0.4 is 5.73 Å². The molecule has 14 heteroatoms. The highest BCUT2D eigenvalue weighted by atomic mass is 19.4. The Hall–Kier alpha value is -3.68. The molecule has 44 heavy (non-hydrogen) atoms. The number of hydrogen-bond acceptors (Lipinski definition) is 4. The summed E-state index contributed by atoms with van der Waals surface area (Å²) in [7, 11) is 1.34. The molecule has 2 N–H and O–H groups in total. The molecule has 240 valence electrons. The van der Waals surface area contributed by atoms with Crippen molar-refractivity contribution in [3.05, 3.63) is 70.0 Å². The van der Waals surface area contributed by atoms with E-state index < -0.39 is 65.4 Å². The second kappa shape index (κ2) is 12.7. The molecule has 2 aliphatic rings. The predicted molar refractivity (Wildman–Crippen MR) is 145 cm³/mol. The second-order valence-corrected chi connectivity index (χ2v) is 11.5. The van der Waals surface area contributed by atoms with Gasteiger partial charge in [-0.1, -0.05) is 6.07 Å². The summed E-state index contributed by atoms with van der Waals surface area (Å²) < 4.78 is 94.4. The Morgan fingerprint density at radius 1 is 0.909 bits per heavy atom. The third kappa shape index (κ3) is 7.51. The molecule has 0 aromatic heterocycles. The van der Waals surface area contributed by atoms with Gasteiger partial charge in [0.1, 0.15) is 5.82 Å². The van der Waals surface area contributed by atoms with E-state index in [1.54, 1.807) is 13.0 Å². The summed E-state index contributed by atoms with van der Waals surface area (Å²) in [5, 5.41) is 0. The molecule has 2 heterocycles. The SMILES string of the molecule is Cc1cc(F)ccc1[C@@H]1CN(C2CCN(C(=O)C(N)=O)CC2)CC[C@H]1C(=O)N(C)Cc1cc(C(F)(F)F)cc(C(F)(F)F)c1. The standard InChI is InChI=1S/C30H33F7N4O3/c1-17-11-21(31)3-4-23(17)25-16-41(22-5-8-40(9-6-22)28(44)26(38)42)10-7-24(25)27(43)39(2)15-18-12-19(29(32,33)34)14-20(13-18)30(35,36)37/h3-4,11-14,22,24-25H,5-10,15-16H2,1-2H3,(H2,38,42)/t24-,25+/m1/s1.